The topological polar surface area (TPSA) is 23.8 Å². The van der Waals surface area contributed by atoms with Crippen molar-refractivity contribution < 1.29 is 0 Å². The van der Waals surface area contributed by atoms with Crippen molar-refractivity contribution in [3.05, 3.63) is 12.2 Å². The normalized spacial score (nSPS) is 18.6. The Hall–Kier alpha value is -0.420. The van der Waals surface area contributed by atoms with E-state index in [9.17, 15) is 0 Å². The van der Waals surface area contributed by atoms with E-state index in [1.807, 2.05) is 11.8 Å². The summed E-state index contributed by atoms with van der Waals surface area (Å²) < 4.78 is 0. The lowest BCUT2D eigenvalue weighted by Crippen LogP contribution is -2.08. The first-order valence-electron chi connectivity index (χ1n) is 4.52. The van der Waals surface area contributed by atoms with E-state index in [0.717, 1.165) is 11.0 Å². The third kappa shape index (κ3) is 3.32. The van der Waals surface area contributed by atoms with Crippen molar-refractivity contribution in [1.82, 2.24) is 0 Å². The molecule has 0 radical (unpaired) electrons. The van der Waals surface area contributed by atoms with Crippen LogP contribution < -0.4 is 0 Å². The standard InChI is InChI=1S/C10H15NS/c1-9(7-11)8-12-10-5-3-2-4-6-10/h10H,1-6,8H2. The first-order valence-corrected chi connectivity index (χ1v) is 5.57. The summed E-state index contributed by atoms with van der Waals surface area (Å²) in [5.41, 5.74) is 0.713. The van der Waals surface area contributed by atoms with Gasteiger partial charge >= 0.3 is 0 Å². The minimum absolute atomic E-state index is 0.713. The highest BCUT2D eigenvalue weighted by atomic mass is 32.2. The minimum Gasteiger partial charge on any atom is -0.193 e. The van der Waals surface area contributed by atoms with Crippen molar-refractivity contribution in [2.75, 3.05) is 5.75 Å². The van der Waals surface area contributed by atoms with Gasteiger partial charge in [0.2, 0.25) is 0 Å². The SMILES string of the molecule is C=C(C#N)CSC1CCCCC1. The molecule has 0 bridgehead atoms. The molecule has 0 aromatic carbocycles. The van der Waals surface area contributed by atoms with Crippen molar-refractivity contribution >= 4 is 11.8 Å². The van der Waals surface area contributed by atoms with E-state index in [-0.39, 0.29) is 0 Å². The summed E-state index contributed by atoms with van der Waals surface area (Å²) in [7, 11) is 0. The average molecular weight is 181 g/mol. The molecule has 0 N–H and O–H groups in total. The van der Waals surface area contributed by atoms with Crippen molar-refractivity contribution in [3.63, 3.8) is 0 Å². The summed E-state index contributed by atoms with van der Waals surface area (Å²) in [5, 5.41) is 9.30. The number of hydrogen-bond donors (Lipinski definition) is 0. The lowest BCUT2D eigenvalue weighted by atomic mass is 10.0. The van der Waals surface area contributed by atoms with Crippen molar-refractivity contribution in [3.8, 4) is 6.07 Å². The Bertz CT molecular complexity index is 187. The van der Waals surface area contributed by atoms with Crippen LogP contribution in [0, 0.1) is 11.3 Å². The van der Waals surface area contributed by atoms with Gasteiger partial charge in [0.1, 0.15) is 0 Å². The highest BCUT2D eigenvalue weighted by Crippen LogP contribution is 2.28. The molecular formula is C10H15NS. The average Bonchev–Trinajstić information content (AvgIpc) is 2.16. The van der Waals surface area contributed by atoms with Crippen LogP contribution in [0.3, 0.4) is 0 Å². The highest BCUT2D eigenvalue weighted by molar-refractivity contribution is 8.00. The second-order valence-corrected chi connectivity index (χ2v) is 4.58. The second-order valence-electron chi connectivity index (χ2n) is 3.29. The molecule has 1 nitrogen and oxygen atoms in total. The Balaban J connectivity index is 2.14. The molecule has 1 aliphatic rings. The summed E-state index contributed by atoms with van der Waals surface area (Å²) in [5.74, 6) is 0.834. The molecule has 0 aromatic heterocycles. The molecule has 0 spiro atoms. The predicted octanol–water partition coefficient (Wildman–Crippen LogP) is 3.13. The molecule has 12 heavy (non-hydrogen) atoms. The largest absolute Gasteiger partial charge is 0.193 e. The van der Waals surface area contributed by atoms with Gasteiger partial charge in [-0.25, -0.2) is 0 Å². The predicted molar refractivity (Wildman–Crippen MR) is 54.1 cm³/mol. The Labute approximate surface area is 78.8 Å². The second kappa shape index (κ2) is 5.27. The maximum atomic E-state index is 8.50. The monoisotopic (exact) mass is 181 g/mol. The summed E-state index contributed by atoms with van der Waals surface area (Å²) >= 11 is 1.91. The quantitative estimate of drug-likeness (QED) is 0.624. The van der Waals surface area contributed by atoms with E-state index in [1.54, 1.807) is 0 Å². The van der Waals surface area contributed by atoms with E-state index in [0.29, 0.717) is 5.57 Å². The van der Waals surface area contributed by atoms with Gasteiger partial charge < -0.3 is 0 Å². The number of thioether (sulfide) groups is 1. The Morgan fingerprint density at radius 2 is 2.08 bits per heavy atom. The molecule has 2 heteroatoms. The Morgan fingerprint density at radius 3 is 2.67 bits per heavy atom. The molecule has 66 valence electrons. The summed E-state index contributed by atoms with van der Waals surface area (Å²) in [6.45, 7) is 3.68. The van der Waals surface area contributed by atoms with Crippen LogP contribution >= 0.6 is 11.8 Å². The third-order valence-corrected chi connectivity index (χ3v) is 3.66. The zero-order chi connectivity index (χ0) is 8.81. The van der Waals surface area contributed by atoms with E-state index in [1.165, 1.54) is 32.1 Å². The maximum Gasteiger partial charge on any atom is 0.0949 e. The zero-order valence-corrected chi connectivity index (χ0v) is 8.20. The first-order chi connectivity index (χ1) is 5.83. The van der Waals surface area contributed by atoms with Crippen molar-refractivity contribution in [2.45, 2.75) is 37.4 Å². The molecule has 1 fully saturated rings. The van der Waals surface area contributed by atoms with Gasteiger partial charge in [0.15, 0.2) is 0 Å². The maximum absolute atomic E-state index is 8.50. The van der Waals surface area contributed by atoms with Crippen molar-refractivity contribution in [2.24, 2.45) is 0 Å². The molecule has 0 heterocycles. The lowest BCUT2D eigenvalue weighted by Gasteiger charge is -2.20. The fourth-order valence-corrected chi connectivity index (χ4v) is 2.65. The van der Waals surface area contributed by atoms with Crippen LogP contribution in [0.5, 0.6) is 0 Å². The zero-order valence-electron chi connectivity index (χ0n) is 7.38. The van der Waals surface area contributed by atoms with E-state index in [2.05, 4.69) is 12.6 Å². The van der Waals surface area contributed by atoms with E-state index in [4.69, 9.17) is 5.26 Å². The highest BCUT2D eigenvalue weighted by Gasteiger charge is 2.13. The lowest BCUT2D eigenvalue weighted by molar-refractivity contribution is 0.516. The third-order valence-electron chi connectivity index (χ3n) is 2.20. The van der Waals surface area contributed by atoms with Crippen LogP contribution in [0.25, 0.3) is 0 Å². The van der Waals surface area contributed by atoms with Crippen molar-refractivity contribution in [1.29, 1.82) is 5.26 Å². The molecule has 1 rings (SSSR count). The van der Waals surface area contributed by atoms with Crippen LogP contribution in [-0.4, -0.2) is 11.0 Å². The van der Waals surface area contributed by atoms with Crippen LogP contribution in [0.4, 0.5) is 0 Å². The smallest absolute Gasteiger partial charge is 0.0949 e. The number of nitriles is 1. The summed E-state index contributed by atoms with van der Waals surface area (Å²) in [6, 6.07) is 2.09. The minimum atomic E-state index is 0.713. The van der Waals surface area contributed by atoms with Crippen LogP contribution in [0.2, 0.25) is 0 Å². The van der Waals surface area contributed by atoms with Gasteiger partial charge in [-0.05, 0) is 12.8 Å². The molecule has 0 aromatic rings. The fraction of sp³-hybridized carbons (Fsp3) is 0.700. The molecule has 0 saturated heterocycles. The fourth-order valence-electron chi connectivity index (χ4n) is 1.48. The Kier molecular flexibility index (Phi) is 4.24. The van der Waals surface area contributed by atoms with Gasteiger partial charge in [-0.1, -0.05) is 25.8 Å². The number of rotatable bonds is 3. The van der Waals surface area contributed by atoms with E-state index >= 15 is 0 Å². The van der Waals surface area contributed by atoms with Gasteiger partial charge in [0.05, 0.1) is 6.07 Å². The molecule has 0 atom stereocenters. The molecule has 1 saturated carbocycles. The summed E-state index contributed by atoms with van der Waals surface area (Å²) in [4.78, 5) is 0. The van der Waals surface area contributed by atoms with Crippen LogP contribution in [-0.2, 0) is 0 Å². The van der Waals surface area contributed by atoms with E-state index < -0.39 is 0 Å². The number of nitrogens with zero attached hydrogens (tertiary/aromatic N) is 1. The van der Waals surface area contributed by atoms with Gasteiger partial charge in [0.25, 0.3) is 0 Å². The molecule has 0 unspecified atom stereocenters. The van der Waals surface area contributed by atoms with Gasteiger partial charge in [-0.3, -0.25) is 0 Å². The number of hydrogen-bond acceptors (Lipinski definition) is 2. The van der Waals surface area contributed by atoms with Crippen LogP contribution in [0.1, 0.15) is 32.1 Å². The summed E-state index contributed by atoms with van der Waals surface area (Å²) in [6.07, 6.45) is 6.82. The molecule has 0 amide bonds. The first kappa shape index (κ1) is 9.67. The van der Waals surface area contributed by atoms with Crippen LogP contribution in [0.15, 0.2) is 12.2 Å². The van der Waals surface area contributed by atoms with Gasteiger partial charge in [-0.2, -0.15) is 17.0 Å². The van der Waals surface area contributed by atoms with Gasteiger partial charge in [0, 0.05) is 16.6 Å². The van der Waals surface area contributed by atoms with Gasteiger partial charge in [-0.15, -0.1) is 0 Å². The Morgan fingerprint density at radius 1 is 1.42 bits per heavy atom. The molecular weight excluding hydrogens is 166 g/mol. The molecule has 0 aliphatic heterocycles. The molecule has 1 aliphatic carbocycles.